The van der Waals surface area contributed by atoms with Gasteiger partial charge in [-0.3, -0.25) is 14.1 Å². The van der Waals surface area contributed by atoms with Crippen LogP contribution in [-0.4, -0.2) is 26.4 Å². The van der Waals surface area contributed by atoms with Crippen LogP contribution in [0, 0.1) is 0 Å². The minimum atomic E-state index is -2.36. The Kier molecular flexibility index (Phi) is 9.43. The first-order valence-electron chi connectivity index (χ1n) is 1.76. The van der Waals surface area contributed by atoms with Gasteiger partial charge in [0, 0.05) is 11.3 Å². The molecule has 0 aliphatic rings. The fourth-order valence-electron chi connectivity index (χ4n) is 0. The number of hydrogen-bond acceptors (Lipinski definition) is 4. The second-order valence-electron chi connectivity index (χ2n) is 0.858. The van der Waals surface area contributed by atoms with Crippen LogP contribution in [0.4, 0.5) is 0 Å². The summed E-state index contributed by atoms with van der Waals surface area (Å²) in [5.74, 6) is -0.968. The Balaban J connectivity index is 0. The van der Waals surface area contributed by atoms with E-state index in [9.17, 15) is 4.79 Å². The van der Waals surface area contributed by atoms with E-state index >= 15 is 0 Å². The molecule has 0 rings (SSSR count). The van der Waals surface area contributed by atoms with E-state index in [0.717, 1.165) is 0 Å². The van der Waals surface area contributed by atoms with Crippen molar-refractivity contribution in [2.45, 2.75) is 0 Å². The van der Waals surface area contributed by atoms with Crippen LogP contribution in [0.5, 0.6) is 0 Å². The van der Waals surface area contributed by atoms with Gasteiger partial charge in [0.2, 0.25) is 0 Å². The van der Waals surface area contributed by atoms with E-state index in [-0.39, 0.29) is 6.54 Å². The lowest BCUT2D eigenvalue weighted by Crippen LogP contribution is -2.10. The van der Waals surface area contributed by atoms with Crippen LogP contribution in [0.15, 0.2) is 0 Å². The highest BCUT2D eigenvalue weighted by Gasteiger charge is 1.81. The van der Waals surface area contributed by atoms with E-state index in [1.54, 1.807) is 0 Å². The van der Waals surface area contributed by atoms with Gasteiger partial charge >= 0.3 is 5.97 Å². The summed E-state index contributed by atoms with van der Waals surface area (Å²) in [6, 6.07) is 0. The molecule has 0 aromatic heterocycles. The molecule has 7 heteroatoms. The van der Waals surface area contributed by atoms with Gasteiger partial charge in [-0.05, 0) is 0 Å². The average molecular weight is 155 g/mol. The number of hydrogen-bond donors (Lipinski definition) is 3. The van der Waals surface area contributed by atoms with Crippen molar-refractivity contribution in [3.63, 3.8) is 0 Å². The van der Waals surface area contributed by atoms with Crippen LogP contribution in [0.3, 0.4) is 0 Å². The zero-order chi connectivity index (χ0) is 7.86. The van der Waals surface area contributed by atoms with Crippen LogP contribution in [0.25, 0.3) is 0 Å². The van der Waals surface area contributed by atoms with Crippen LogP contribution in [0.2, 0.25) is 0 Å². The molecule has 0 amide bonds. The second kappa shape index (κ2) is 7.50. The Bertz CT molecular complexity index is 101. The lowest BCUT2D eigenvalue weighted by Gasteiger charge is -1.85. The summed E-state index contributed by atoms with van der Waals surface area (Å²) in [5, 5.41) is 11.6. The van der Waals surface area contributed by atoms with Crippen LogP contribution < -0.4 is 10.9 Å². The minimum Gasteiger partial charge on any atom is -0.760 e. The van der Waals surface area contributed by atoms with Crippen molar-refractivity contribution in [2.24, 2.45) is 10.9 Å². The molecule has 0 bridgehead atoms. The van der Waals surface area contributed by atoms with Crippen molar-refractivity contribution in [1.29, 1.82) is 0 Å². The predicted octanol–water partition coefficient (Wildman–Crippen LogP) is -2.23. The van der Waals surface area contributed by atoms with Crippen LogP contribution in [0.1, 0.15) is 0 Å². The number of carboxylic acids is 1. The highest BCUT2D eigenvalue weighted by atomic mass is 32.2. The number of carbonyl (C=O) groups is 1. The van der Waals surface area contributed by atoms with Gasteiger partial charge in [0.15, 0.2) is 0 Å². The third-order valence-electron chi connectivity index (χ3n) is 0.175. The van der Waals surface area contributed by atoms with Gasteiger partial charge in [0.05, 0.1) is 6.54 Å². The van der Waals surface area contributed by atoms with Crippen LogP contribution in [-0.2, 0) is 16.1 Å². The summed E-state index contributed by atoms with van der Waals surface area (Å²) in [7, 11) is 0. The SMILES string of the molecule is NCC(=O)O.NS(=O)[O-]. The fraction of sp³-hybridized carbons (Fsp3) is 0.500. The third kappa shape index (κ3) is 101. The number of aliphatic carboxylic acids is 1. The molecule has 9 heavy (non-hydrogen) atoms. The zero-order valence-corrected chi connectivity index (χ0v) is 5.26. The topological polar surface area (TPSA) is 129 Å². The molecule has 0 radical (unpaired) electrons. The maximum atomic E-state index is 9.24. The molecule has 0 spiro atoms. The predicted molar refractivity (Wildman–Crippen MR) is 29.8 cm³/mol. The molecule has 1 unspecified atom stereocenters. The van der Waals surface area contributed by atoms with Gasteiger partial charge in [-0.2, -0.15) is 0 Å². The van der Waals surface area contributed by atoms with Gasteiger partial charge < -0.3 is 15.4 Å². The molecule has 0 fully saturated rings. The minimum absolute atomic E-state index is 0.278. The van der Waals surface area contributed by atoms with Crippen molar-refractivity contribution in [3.05, 3.63) is 0 Å². The Morgan fingerprint density at radius 1 is 1.78 bits per heavy atom. The Labute approximate surface area is 54.3 Å². The average Bonchev–Trinajstić information content (AvgIpc) is 1.65. The van der Waals surface area contributed by atoms with Gasteiger partial charge in [-0.25, -0.2) is 0 Å². The third-order valence-corrected chi connectivity index (χ3v) is 0.175. The van der Waals surface area contributed by atoms with Crippen molar-refractivity contribution in [3.8, 4) is 0 Å². The highest BCUT2D eigenvalue weighted by molar-refractivity contribution is 7.76. The molecular formula is C2H7N2O4S-. The maximum absolute atomic E-state index is 9.24. The Hall–Kier alpha value is -0.500. The molecule has 6 nitrogen and oxygen atoms in total. The molecule has 0 heterocycles. The lowest BCUT2D eigenvalue weighted by atomic mass is 10.7. The number of carboxylic acid groups (broad SMARTS) is 1. The monoisotopic (exact) mass is 155 g/mol. The molecule has 56 valence electrons. The normalized spacial score (nSPS) is 11.0. The molecule has 5 N–H and O–H groups in total. The summed E-state index contributed by atoms with van der Waals surface area (Å²) in [4.78, 5) is 9.24. The lowest BCUT2D eigenvalue weighted by molar-refractivity contribution is -0.135. The van der Waals surface area contributed by atoms with E-state index in [2.05, 4.69) is 10.9 Å². The molecular weight excluding hydrogens is 148 g/mol. The van der Waals surface area contributed by atoms with E-state index in [1.165, 1.54) is 0 Å². The summed E-state index contributed by atoms with van der Waals surface area (Å²) < 4.78 is 17.6. The van der Waals surface area contributed by atoms with E-state index < -0.39 is 17.2 Å². The Morgan fingerprint density at radius 2 is 1.89 bits per heavy atom. The van der Waals surface area contributed by atoms with Gasteiger partial charge in [-0.15, -0.1) is 0 Å². The summed E-state index contributed by atoms with van der Waals surface area (Å²) >= 11 is -2.36. The first-order chi connectivity index (χ1) is 4.00. The molecule has 0 saturated carbocycles. The summed E-state index contributed by atoms with van der Waals surface area (Å²) in [5.41, 5.74) is 4.57. The van der Waals surface area contributed by atoms with Gasteiger partial charge in [0.1, 0.15) is 0 Å². The molecule has 0 aliphatic carbocycles. The first kappa shape index (κ1) is 11.3. The zero-order valence-electron chi connectivity index (χ0n) is 4.44. The maximum Gasteiger partial charge on any atom is 0.317 e. The van der Waals surface area contributed by atoms with E-state index in [0.29, 0.717) is 0 Å². The smallest absolute Gasteiger partial charge is 0.317 e. The fourth-order valence-corrected chi connectivity index (χ4v) is 0. The van der Waals surface area contributed by atoms with Crippen LogP contribution >= 0.6 is 0 Å². The van der Waals surface area contributed by atoms with Crippen molar-refractivity contribution < 1.29 is 18.7 Å². The van der Waals surface area contributed by atoms with E-state index in [4.69, 9.17) is 13.9 Å². The number of rotatable bonds is 1. The molecule has 1 atom stereocenters. The van der Waals surface area contributed by atoms with Gasteiger partial charge in [0.25, 0.3) is 0 Å². The molecule has 0 aromatic carbocycles. The largest absolute Gasteiger partial charge is 0.760 e. The second-order valence-corrected chi connectivity index (χ2v) is 1.38. The van der Waals surface area contributed by atoms with E-state index in [1.807, 2.05) is 0 Å². The molecule has 0 aromatic rings. The van der Waals surface area contributed by atoms with Gasteiger partial charge in [-0.1, -0.05) is 0 Å². The van der Waals surface area contributed by atoms with Crippen molar-refractivity contribution >= 4 is 17.2 Å². The van der Waals surface area contributed by atoms with Crippen molar-refractivity contribution in [2.75, 3.05) is 6.54 Å². The van der Waals surface area contributed by atoms with Crippen molar-refractivity contribution in [1.82, 2.24) is 0 Å². The summed E-state index contributed by atoms with van der Waals surface area (Å²) in [6.45, 7) is -0.278. The molecule has 0 aliphatic heterocycles. The summed E-state index contributed by atoms with van der Waals surface area (Å²) in [6.07, 6.45) is 0. The highest BCUT2D eigenvalue weighted by Crippen LogP contribution is 1.43. The Morgan fingerprint density at radius 3 is 1.89 bits per heavy atom. The first-order valence-corrected chi connectivity index (χ1v) is 2.90. The quantitative estimate of drug-likeness (QED) is 0.369. The molecule has 0 saturated heterocycles. The standard InChI is InChI=1S/C2H5NO2.H3NO2S/c3-1-2(4)5;1-4(2)3/h1,3H2,(H,4,5);1H2,(H,2,3)/p-1. The number of nitrogens with two attached hydrogens (primary N) is 2.